The molecule has 2 saturated carbocycles. The average Bonchev–Trinajstić information content (AvgIpc) is 3.05. The molecule has 3 heteroatoms. The summed E-state index contributed by atoms with van der Waals surface area (Å²) in [6.45, 7) is 1.58. The van der Waals surface area contributed by atoms with Crippen LogP contribution in [-0.4, -0.2) is 19.0 Å². The number of rotatable bonds is 2. The van der Waals surface area contributed by atoms with E-state index in [1.807, 2.05) is 12.1 Å². The lowest BCUT2D eigenvalue weighted by atomic mass is 9.69. The second kappa shape index (κ2) is 6.74. The van der Waals surface area contributed by atoms with Gasteiger partial charge in [0.1, 0.15) is 0 Å². The molecule has 2 nitrogen and oxygen atoms in total. The van der Waals surface area contributed by atoms with Crippen LogP contribution in [0.5, 0.6) is 0 Å². The summed E-state index contributed by atoms with van der Waals surface area (Å²) in [6.07, 6.45) is 10.2. The van der Waals surface area contributed by atoms with Crippen molar-refractivity contribution >= 4 is 11.6 Å². The third kappa shape index (κ3) is 3.45. The molecule has 1 saturated heterocycles. The minimum absolute atomic E-state index is 0.197. The van der Waals surface area contributed by atoms with E-state index in [2.05, 4.69) is 12.1 Å². The van der Waals surface area contributed by atoms with Crippen LogP contribution in [0, 0.1) is 11.8 Å². The standard InChI is InChI=1S/C20H27ClO2/c21-19-7-5-17(6-8-19)15-1-3-16(4-2-15)18-9-11-20(12-10-18)22-13-14-23-20/h5-8,15-16,18H,1-4,9-14H2/t15-,16-. The van der Waals surface area contributed by atoms with Crippen LogP contribution in [0.25, 0.3) is 0 Å². The summed E-state index contributed by atoms with van der Waals surface area (Å²) in [7, 11) is 0. The minimum Gasteiger partial charge on any atom is -0.348 e. The van der Waals surface area contributed by atoms with Crippen molar-refractivity contribution in [2.75, 3.05) is 13.2 Å². The van der Waals surface area contributed by atoms with Gasteiger partial charge in [-0.3, -0.25) is 0 Å². The van der Waals surface area contributed by atoms with Gasteiger partial charge in [-0.2, -0.15) is 0 Å². The molecular formula is C20H27ClO2. The summed E-state index contributed by atoms with van der Waals surface area (Å²) in [5, 5.41) is 0.843. The highest BCUT2D eigenvalue weighted by Crippen LogP contribution is 2.46. The predicted octanol–water partition coefficient (Wildman–Crippen LogP) is 5.55. The van der Waals surface area contributed by atoms with E-state index in [1.54, 1.807) is 0 Å². The number of hydrogen-bond donors (Lipinski definition) is 0. The van der Waals surface area contributed by atoms with Crippen LogP contribution in [0.3, 0.4) is 0 Å². The van der Waals surface area contributed by atoms with Crippen LogP contribution in [0.15, 0.2) is 24.3 Å². The van der Waals surface area contributed by atoms with Crippen LogP contribution in [0.4, 0.5) is 0 Å². The molecule has 1 spiro atoms. The van der Waals surface area contributed by atoms with Crippen molar-refractivity contribution in [1.82, 2.24) is 0 Å². The molecular weight excluding hydrogens is 308 g/mol. The Morgan fingerprint density at radius 1 is 0.783 bits per heavy atom. The van der Waals surface area contributed by atoms with E-state index in [0.29, 0.717) is 0 Å². The van der Waals surface area contributed by atoms with Crippen molar-refractivity contribution in [2.24, 2.45) is 11.8 Å². The van der Waals surface area contributed by atoms with Crippen LogP contribution in [0.1, 0.15) is 62.8 Å². The summed E-state index contributed by atoms with van der Waals surface area (Å²) in [5.41, 5.74) is 1.48. The van der Waals surface area contributed by atoms with Gasteiger partial charge in [-0.1, -0.05) is 23.7 Å². The molecule has 0 N–H and O–H groups in total. The van der Waals surface area contributed by atoms with Crippen molar-refractivity contribution < 1.29 is 9.47 Å². The SMILES string of the molecule is Clc1ccc([C@H]2CC[C@H](C3CCC4(CC3)OCCO4)CC2)cc1. The van der Waals surface area contributed by atoms with Gasteiger partial charge in [0, 0.05) is 17.9 Å². The third-order valence-electron chi connectivity index (χ3n) is 6.39. The molecule has 126 valence electrons. The summed E-state index contributed by atoms with van der Waals surface area (Å²) in [6, 6.07) is 8.50. The lowest BCUT2D eigenvalue weighted by Gasteiger charge is -2.41. The zero-order valence-electron chi connectivity index (χ0n) is 13.8. The van der Waals surface area contributed by atoms with Crippen LogP contribution in [-0.2, 0) is 9.47 Å². The van der Waals surface area contributed by atoms with Crippen LogP contribution < -0.4 is 0 Å². The molecule has 0 bridgehead atoms. The number of benzene rings is 1. The normalized spacial score (nSPS) is 31.5. The highest BCUT2D eigenvalue weighted by Gasteiger charge is 2.42. The highest BCUT2D eigenvalue weighted by molar-refractivity contribution is 6.30. The van der Waals surface area contributed by atoms with Gasteiger partial charge in [0.15, 0.2) is 5.79 Å². The number of hydrogen-bond acceptors (Lipinski definition) is 2. The first-order valence-electron chi connectivity index (χ1n) is 9.27. The van der Waals surface area contributed by atoms with Gasteiger partial charge >= 0.3 is 0 Å². The smallest absolute Gasteiger partial charge is 0.168 e. The third-order valence-corrected chi connectivity index (χ3v) is 6.64. The van der Waals surface area contributed by atoms with Crippen LogP contribution in [0.2, 0.25) is 5.02 Å². The topological polar surface area (TPSA) is 18.5 Å². The second-order valence-corrected chi connectivity index (χ2v) is 8.04. The molecule has 0 unspecified atom stereocenters. The van der Waals surface area contributed by atoms with Crippen molar-refractivity contribution in [2.45, 2.75) is 63.1 Å². The summed E-state index contributed by atoms with van der Waals surface area (Å²) >= 11 is 6.01. The predicted molar refractivity (Wildman–Crippen MR) is 92.7 cm³/mol. The lowest BCUT2D eigenvalue weighted by Crippen LogP contribution is -2.37. The minimum atomic E-state index is -0.197. The van der Waals surface area contributed by atoms with Gasteiger partial charge in [0.2, 0.25) is 0 Å². The van der Waals surface area contributed by atoms with Gasteiger partial charge < -0.3 is 9.47 Å². The molecule has 4 rings (SSSR count). The van der Waals surface area contributed by atoms with Crippen molar-refractivity contribution in [3.8, 4) is 0 Å². The van der Waals surface area contributed by atoms with Gasteiger partial charge in [-0.25, -0.2) is 0 Å². The zero-order valence-corrected chi connectivity index (χ0v) is 14.6. The maximum atomic E-state index is 6.01. The van der Waals surface area contributed by atoms with E-state index in [9.17, 15) is 0 Å². The maximum Gasteiger partial charge on any atom is 0.168 e. The molecule has 3 aliphatic rings. The monoisotopic (exact) mass is 334 g/mol. The first kappa shape index (κ1) is 15.9. The van der Waals surface area contributed by atoms with Crippen LogP contribution >= 0.6 is 11.6 Å². The maximum absolute atomic E-state index is 6.01. The summed E-state index contributed by atoms with van der Waals surface area (Å²) < 4.78 is 11.7. The number of halogens is 1. The average molecular weight is 335 g/mol. The van der Waals surface area contributed by atoms with E-state index in [-0.39, 0.29) is 5.79 Å². The Morgan fingerprint density at radius 3 is 1.96 bits per heavy atom. The fourth-order valence-corrected chi connectivity index (χ4v) is 5.12. The van der Waals surface area contributed by atoms with E-state index in [4.69, 9.17) is 21.1 Å². The Labute approximate surface area is 144 Å². The first-order valence-corrected chi connectivity index (χ1v) is 9.65. The largest absolute Gasteiger partial charge is 0.348 e. The van der Waals surface area contributed by atoms with E-state index < -0.39 is 0 Å². The molecule has 1 heterocycles. The van der Waals surface area contributed by atoms with Gasteiger partial charge in [-0.05, 0) is 74.0 Å². The Bertz CT molecular complexity index is 503. The molecule has 3 fully saturated rings. The van der Waals surface area contributed by atoms with Crippen molar-refractivity contribution in [3.05, 3.63) is 34.9 Å². The quantitative estimate of drug-likeness (QED) is 0.706. The molecule has 1 aromatic carbocycles. The number of ether oxygens (including phenoxy) is 2. The Balaban J connectivity index is 1.29. The van der Waals surface area contributed by atoms with Crippen molar-refractivity contribution in [1.29, 1.82) is 0 Å². The fraction of sp³-hybridized carbons (Fsp3) is 0.700. The zero-order chi connectivity index (χ0) is 15.7. The first-order chi connectivity index (χ1) is 11.2. The molecule has 23 heavy (non-hydrogen) atoms. The molecule has 0 radical (unpaired) electrons. The Hall–Kier alpha value is -0.570. The highest BCUT2D eigenvalue weighted by atomic mass is 35.5. The van der Waals surface area contributed by atoms with Gasteiger partial charge in [-0.15, -0.1) is 0 Å². The summed E-state index contributed by atoms with van der Waals surface area (Å²) in [4.78, 5) is 0. The Morgan fingerprint density at radius 2 is 1.35 bits per heavy atom. The fourth-order valence-electron chi connectivity index (χ4n) is 5.00. The molecule has 0 amide bonds. The van der Waals surface area contributed by atoms with E-state index in [1.165, 1.54) is 44.1 Å². The summed E-state index contributed by atoms with van der Waals surface area (Å²) in [5.74, 6) is 2.34. The van der Waals surface area contributed by atoms with E-state index >= 15 is 0 Å². The Kier molecular flexibility index (Phi) is 4.67. The lowest BCUT2D eigenvalue weighted by molar-refractivity contribution is -0.185. The molecule has 1 aromatic rings. The second-order valence-electron chi connectivity index (χ2n) is 7.61. The molecule has 1 aliphatic heterocycles. The molecule has 0 atom stereocenters. The molecule has 2 aliphatic carbocycles. The van der Waals surface area contributed by atoms with E-state index in [0.717, 1.165) is 48.8 Å². The van der Waals surface area contributed by atoms with Gasteiger partial charge in [0.25, 0.3) is 0 Å². The molecule has 0 aromatic heterocycles. The van der Waals surface area contributed by atoms with Crippen molar-refractivity contribution in [3.63, 3.8) is 0 Å². The van der Waals surface area contributed by atoms with Gasteiger partial charge in [0.05, 0.1) is 13.2 Å².